The lowest BCUT2D eigenvalue weighted by Crippen LogP contribution is -2.28. The van der Waals surface area contributed by atoms with Gasteiger partial charge in [0, 0.05) is 29.9 Å². The van der Waals surface area contributed by atoms with Gasteiger partial charge in [0.25, 0.3) is 5.91 Å². The van der Waals surface area contributed by atoms with Crippen LogP contribution in [0.15, 0.2) is 83.8 Å². The third-order valence-corrected chi connectivity index (χ3v) is 6.95. The zero-order chi connectivity index (χ0) is 20.3. The molecule has 0 bridgehead atoms. The number of nitrogens with zero attached hydrogens (tertiary/aromatic N) is 1. The first-order valence-corrected chi connectivity index (χ1v) is 11.1. The monoisotopic (exact) mass is 406 g/mol. The molecule has 0 spiro atoms. The van der Waals surface area contributed by atoms with Gasteiger partial charge in [-0.05, 0) is 42.7 Å². The van der Waals surface area contributed by atoms with Crippen LogP contribution in [0.2, 0.25) is 0 Å². The Kier molecular flexibility index (Phi) is 5.47. The van der Waals surface area contributed by atoms with E-state index in [2.05, 4.69) is 5.32 Å². The molecule has 1 N–H and O–H groups in total. The highest BCUT2D eigenvalue weighted by Gasteiger charge is 2.27. The molecule has 3 aromatic carbocycles. The molecule has 4 rings (SSSR count). The molecule has 1 aliphatic rings. The van der Waals surface area contributed by atoms with Crippen molar-refractivity contribution >= 4 is 21.6 Å². The van der Waals surface area contributed by atoms with Gasteiger partial charge in [0.2, 0.25) is 10.0 Å². The molecule has 1 fully saturated rings. The summed E-state index contributed by atoms with van der Waals surface area (Å²) in [5, 5.41) is 2.93. The lowest BCUT2D eigenvalue weighted by atomic mass is 10.0. The average Bonchev–Trinajstić information content (AvgIpc) is 3.31. The quantitative estimate of drug-likeness (QED) is 0.683. The molecule has 0 atom stereocenters. The molecule has 29 heavy (non-hydrogen) atoms. The maximum atomic E-state index is 12.9. The highest BCUT2D eigenvalue weighted by Crippen LogP contribution is 2.28. The van der Waals surface area contributed by atoms with Gasteiger partial charge in [-0.25, -0.2) is 8.42 Å². The van der Waals surface area contributed by atoms with Crippen LogP contribution in [0.4, 0.5) is 5.69 Å². The van der Waals surface area contributed by atoms with E-state index in [1.165, 1.54) is 10.4 Å². The summed E-state index contributed by atoms with van der Waals surface area (Å²) in [6.45, 7) is 1.06. The van der Waals surface area contributed by atoms with Crippen molar-refractivity contribution in [3.05, 3.63) is 84.4 Å². The van der Waals surface area contributed by atoms with Gasteiger partial charge in [-0.2, -0.15) is 4.31 Å². The van der Waals surface area contributed by atoms with Gasteiger partial charge >= 0.3 is 0 Å². The number of hydrogen-bond acceptors (Lipinski definition) is 3. The lowest BCUT2D eigenvalue weighted by molar-refractivity contribution is 0.102. The molecule has 1 amide bonds. The first-order valence-electron chi connectivity index (χ1n) is 9.62. The molecule has 5 nitrogen and oxygen atoms in total. The fourth-order valence-corrected chi connectivity index (χ4v) is 5.09. The molecule has 0 saturated carbocycles. The minimum atomic E-state index is -3.57. The zero-order valence-corrected chi connectivity index (χ0v) is 16.7. The minimum absolute atomic E-state index is 0.156. The van der Waals surface area contributed by atoms with Crippen molar-refractivity contribution in [3.63, 3.8) is 0 Å². The van der Waals surface area contributed by atoms with Crippen molar-refractivity contribution in [1.82, 2.24) is 4.31 Å². The highest BCUT2D eigenvalue weighted by molar-refractivity contribution is 7.89. The first kappa shape index (κ1) is 19.4. The number of benzene rings is 3. The van der Waals surface area contributed by atoms with Crippen molar-refractivity contribution in [2.24, 2.45) is 0 Å². The van der Waals surface area contributed by atoms with Crippen LogP contribution in [0.3, 0.4) is 0 Å². The maximum absolute atomic E-state index is 12.9. The van der Waals surface area contributed by atoms with E-state index in [0.717, 1.165) is 24.0 Å². The Bertz CT molecular complexity index is 1120. The number of carbonyl (C=O) groups excluding carboxylic acids is 1. The molecule has 1 saturated heterocycles. The topological polar surface area (TPSA) is 66.5 Å². The van der Waals surface area contributed by atoms with Gasteiger partial charge in [-0.1, -0.05) is 54.6 Å². The van der Waals surface area contributed by atoms with E-state index in [1.54, 1.807) is 18.2 Å². The Hall–Kier alpha value is -2.96. The second-order valence-electron chi connectivity index (χ2n) is 7.00. The second-order valence-corrected chi connectivity index (χ2v) is 8.94. The van der Waals surface area contributed by atoms with Gasteiger partial charge in [-0.15, -0.1) is 0 Å². The van der Waals surface area contributed by atoms with Crippen LogP contribution in [0.25, 0.3) is 11.1 Å². The van der Waals surface area contributed by atoms with Gasteiger partial charge in [0.1, 0.15) is 0 Å². The summed E-state index contributed by atoms with van der Waals surface area (Å²) in [5.74, 6) is -0.341. The van der Waals surface area contributed by atoms with E-state index < -0.39 is 10.0 Å². The Balaban J connectivity index is 1.61. The lowest BCUT2D eigenvalue weighted by Gasteiger charge is -2.16. The summed E-state index contributed by atoms with van der Waals surface area (Å²) in [4.78, 5) is 13.0. The number of anilines is 1. The van der Waals surface area contributed by atoms with Crippen LogP contribution in [0.5, 0.6) is 0 Å². The first-order chi connectivity index (χ1) is 14.1. The Morgan fingerprint density at radius 2 is 1.52 bits per heavy atom. The third-order valence-electron chi connectivity index (χ3n) is 5.06. The van der Waals surface area contributed by atoms with Crippen LogP contribution < -0.4 is 5.32 Å². The van der Waals surface area contributed by atoms with E-state index in [1.807, 2.05) is 54.6 Å². The number of carbonyl (C=O) groups is 1. The van der Waals surface area contributed by atoms with Gasteiger partial charge in [0.05, 0.1) is 4.90 Å². The summed E-state index contributed by atoms with van der Waals surface area (Å²) in [5.41, 5.74) is 2.89. The average molecular weight is 407 g/mol. The van der Waals surface area contributed by atoms with Crippen molar-refractivity contribution in [2.45, 2.75) is 17.7 Å². The molecular weight excluding hydrogens is 384 g/mol. The van der Waals surface area contributed by atoms with Crippen molar-refractivity contribution in [2.75, 3.05) is 18.4 Å². The smallest absolute Gasteiger partial charge is 0.255 e. The number of nitrogens with one attached hydrogen (secondary N) is 1. The van der Waals surface area contributed by atoms with E-state index in [-0.39, 0.29) is 10.8 Å². The molecule has 0 aliphatic carbocycles. The summed E-state index contributed by atoms with van der Waals surface area (Å²) >= 11 is 0. The van der Waals surface area contributed by atoms with E-state index in [4.69, 9.17) is 0 Å². The van der Waals surface area contributed by atoms with Crippen LogP contribution in [-0.4, -0.2) is 31.7 Å². The molecule has 0 unspecified atom stereocenters. The molecular formula is C23H22N2O3S. The third kappa shape index (κ3) is 4.09. The van der Waals surface area contributed by atoms with E-state index >= 15 is 0 Å². The van der Waals surface area contributed by atoms with Gasteiger partial charge in [-0.3, -0.25) is 4.79 Å². The molecule has 148 valence electrons. The summed E-state index contributed by atoms with van der Waals surface area (Å²) < 4.78 is 27.1. The minimum Gasteiger partial charge on any atom is -0.321 e. The molecule has 1 aliphatic heterocycles. The highest BCUT2D eigenvalue weighted by atomic mass is 32.2. The fourth-order valence-electron chi connectivity index (χ4n) is 3.53. The zero-order valence-electron chi connectivity index (χ0n) is 15.9. The summed E-state index contributed by atoms with van der Waals surface area (Å²) in [6, 6.07) is 23.6. The number of para-hydroxylation sites is 1. The van der Waals surface area contributed by atoms with E-state index in [9.17, 15) is 13.2 Å². The standard InChI is InChI=1S/C23H22N2O3S/c26-23(24-22-14-5-4-13-21(22)18-9-2-1-3-10-18)19-11-8-12-20(17-19)29(27,28)25-15-6-7-16-25/h1-5,8-14,17H,6-7,15-16H2,(H,24,26). The Morgan fingerprint density at radius 1 is 0.828 bits per heavy atom. The summed E-state index contributed by atoms with van der Waals surface area (Å²) in [7, 11) is -3.57. The van der Waals surface area contributed by atoms with Gasteiger partial charge in [0.15, 0.2) is 0 Å². The van der Waals surface area contributed by atoms with E-state index in [0.29, 0.717) is 24.3 Å². The largest absolute Gasteiger partial charge is 0.321 e. The molecule has 0 radical (unpaired) electrons. The SMILES string of the molecule is O=C(Nc1ccccc1-c1ccccc1)c1cccc(S(=O)(=O)N2CCCC2)c1. The molecule has 3 aromatic rings. The number of hydrogen-bond donors (Lipinski definition) is 1. The number of sulfonamides is 1. The molecule has 1 heterocycles. The van der Waals surface area contributed by atoms with Crippen LogP contribution in [-0.2, 0) is 10.0 Å². The van der Waals surface area contributed by atoms with Crippen LogP contribution in [0, 0.1) is 0 Å². The predicted octanol–water partition coefficient (Wildman–Crippen LogP) is 4.39. The van der Waals surface area contributed by atoms with Crippen LogP contribution >= 0.6 is 0 Å². The number of rotatable bonds is 5. The van der Waals surface area contributed by atoms with Crippen molar-refractivity contribution < 1.29 is 13.2 Å². The second kappa shape index (κ2) is 8.19. The van der Waals surface area contributed by atoms with Crippen LogP contribution in [0.1, 0.15) is 23.2 Å². The Labute approximate surface area is 171 Å². The normalized spacial score (nSPS) is 14.6. The molecule has 6 heteroatoms. The van der Waals surface area contributed by atoms with Gasteiger partial charge < -0.3 is 5.32 Å². The predicted molar refractivity (Wildman–Crippen MR) is 114 cm³/mol. The van der Waals surface area contributed by atoms with Crippen molar-refractivity contribution in [3.8, 4) is 11.1 Å². The molecule has 0 aromatic heterocycles. The summed E-state index contributed by atoms with van der Waals surface area (Å²) in [6.07, 6.45) is 1.74. The maximum Gasteiger partial charge on any atom is 0.255 e. The van der Waals surface area contributed by atoms with Crippen molar-refractivity contribution in [1.29, 1.82) is 0 Å². The number of amides is 1. The Morgan fingerprint density at radius 3 is 2.28 bits per heavy atom. The fraction of sp³-hybridized carbons (Fsp3) is 0.174.